The molecule has 33 heavy (non-hydrogen) atoms. The Bertz CT molecular complexity index is 1210. The molecule has 4 rings (SSSR count). The fraction of sp³-hybridized carbons (Fsp3) is 0.423. The summed E-state index contributed by atoms with van der Waals surface area (Å²) in [6, 6.07) is 3.34. The molecule has 1 atom stereocenters. The summed E-state index contributed by atoms with van der Waals surface area (Å²) in [4.78, 5) is 31.9. The number of allylic oxidation sites excluding steroid dienone is 3. The molecule has 174 valence electrons. The van der Waals surface area contributed by atoms with Crippen LogP contribution < -0.4 is 15.8 Å². The zero-order valence-electron chi connectivity index (χ0n) is 19.6. The van der Waals surface area contributed by atoms with Gasteiger partial charge in [-0.2, -0.15) is 0 Å². The second kappa shape index (κ2) is 8.89. The Kier molecular flexibility index (Phi) is 6.15. The maximum absolute atomic E-state index is 13.0. The first kappa shape index (κ1) is 22.8. The molecule has 0 bridgehead atoms. The highest BCUT2D eigenvalue weighted by Crippen LogP contribution is 2.53. The van der Waals surface area contributed by atoms with E-state index in [0.717, 1.165) is 37.1 Å². The summed E-state index contributed by atoms with van der Waals surface area (Å²) in [5.41, 5.74) is 3.40. The smallest absolute Gasteiger partial charge is 0.337 e. The number of rotatable bonds is 7. The molecule has 2 N–H and O–H groups in total. The Balaban J connectivity index is 1.72. The van der Waals surface area contributed by atoms with Crippen LogP contribution in [-0.4, -0.2) is 33.6 Å². The minimum Gasteiger partial charge on any atom is -0.478 e. The molecule has 1 aliphatic carbocycles. The highest BCUT2D eigenvalue weighted by molar-refractivity contribution is 5.91. The second-order valence-electron chi connectivity index (χ2n) is 9.30. The van der Waals surface area contributed by atoms with E-state index < -0.39 is 5.97 Å². The predicted molar refractivity (Wildman–Crippen MR) is 131 cm³/mol. The summed E-state index contributed by atoms with van der Waals surface area (Å²) in [6.07, 6.45) is 11.5. The van der Waals surface area contributed by atoms with Crippen molar-refractivity contribution in [3.8, 4) is 0 Å². The van der Waals surface area contributed by atoms with Crippen LogP contribution in [-0.2, 0) is 4.79 Å². The van der Waals surface area contributed by atoms with Gasteiger partial charge in [-0.05, 0) is 69.6 Å². The Morgan fingerprint density at radius 3 is 2.55 bits per heavy atom. The van der Waals surface area contributed by atoms with E-state index in [9.17, 15) is 14.7 Å². The van der Waals surface area contributed by atoms with Crippen molar-refractivity contribution in [2.45, 2.75) is 52.5 Å². The fourth-order valence-corrected chi connectivity index (χ4v) is 4.76. The van der Waals surface area contributed by atoms with Crippen LogP contribution in [0.2, 0.25) is 0 Å². The van der Waals surface area contributed by atoms with Crippen molar-refractivity contribution in [1.82, 2.24) is 14.7 Å². The van der Waals surface area contributed by atoms with Crippen LogP contribution in [0.3, 0.4) is 0 Å². The molecule has 2 aromatic heterocycles. The average molecular weight is 449 g/mol. The first-order valence-corrected chi connectivity index (χ1v) is 11.5. The zero-order valence-corrected chi connectivity index (χ0v) is 19.6. The molecule has 0 aromatic carbocycles. The van der Waals surface area contributed by atoms with Crippen LogP contribution in [0.15, 0.2) is 59.2 Å². The minimum absolute atomic E-state index is 0.111. The number of carbonyl (C=O) groups is 1. The van der Waals surface area contributed by atoms with Gasteiger partial charge >= 0.3 is 5.97 Å². The molecule has 2 aliphatic rings. The molecule has 7 nitrogen and oxygen atoms in total. The van der Waals surface area contributed by atoms with Gasteiger partial charge in [0, 0.05) is 36.6 Å². The molecule has 2 aromatic rings. The standard InChI is InChI=1S/C26H32N4O3/c1-5-7-21(19(6-2)25(32)33)27-18(4)20-14-17(3)16-30-23(31)15-22(28-24(20)30)29-12-10-26(8-9-26)11-13-29/h5-7,14-16,18,27H,1,8-13H2,2-4H3,(H,32,33)/b19-6+,21-7+. The van der Waals surface area contributed by atoms with E-state index in [1.807, 2.05) is 19.9 Å². The van der Waals surface area contributed by atoms with E-state index in [2.05, 4.69) is 16.8 Å². The van der Waals surface area contributed by atoms with Crippen molar-refractivity contribution in [3.05, 3.63) is 75.9 Å². The van der Waals surface area contributed by atoms with E-state index in [1.54, 1.807) is 41.8 Å². The van der Waals surface area contributed by atoms with Crippen molar-refractivity contribution in [3.63, 3.8) is 0 Å². The third-order valence-electron chi connectivity index (χ3n) is 6.95. The molecule has 1 unspecified atom stereocenters. The lowest BCUT2D eigenvalue weighted by Gasteiger charge is -2.33. The Labute approximate surface area is 194 Å². The number of aryl methyl sites for hydroxylation is 1. The lowest BCUT2D eigenvalue weighted by Crippen LogP contribution is -2.36. The van der Waals surface area contributed by atoms with Gasteiger partial charge in [0.1, 0.15) is 11.5 Å². The van der Waals surface area contributed by atoms with Crippen LogP contribution >= 0.6 is 0 Å². The summed E-state index contributed by atoms with van der Waals surface area (Å²) >= 11 is 0. The number of hydrogen-bond acceptors (Lipinski definition) is 5. The van der Waals surface area contributed by atoms with Gasteiger partial charge in [-0.15, -0.1) is 0 Å². The number of hydrogen-bond donors (Lipinski definition) is 2. The van der Waals surface area contributed by atoms with Crippen LogP contribution in [0.1, 0.15) is 56.7 Å². The van der Waals surface area contributed by atoms with Gasteiger partial charge in [0.15, 0.2) is 0 Å². The SMILES string of the molecule is C=C/C=C(NC(C)c1cc(C)cn2c(=O)cc(N3CCC4(CC3)CC4)nc12)\C(=C/C)C(=O)O. The number of carboxylic acid groups (broad SMARTS) is 1. The van der Waals surface area contributed by atoms with Crippen LogP contribution in [0.5, 0.6) is 0 Å². The number of fused-ring (bicyclic) bond motifs is 1. The zero-order chi connectivity index (χ0) is 23.8. The molecule has 0 amide bonds. The van der Waals surface area contributed by atoms with Gasteiger partial charge in [-0.1, -0.05) is 18.7 Å². The predicted octanol–water partition coefficient (Wildman–Crippen LogP) is 4.13. The molecule has 2 fully saturated rings. The molecule has 1 saturated heterocycles. The van der Waals surface area contributed by atoms with Gasteiger partial charge in [-0.25, -0.2) is 9.78 Å². The highest BCUT2D eigenvalue weighted by atomic mass is 16.4. The van der Waals surface area contributed by atoms with Crippen molar-refractivity contribution >= 4 is 17.4 Å². The summed E-state index contributed by atoms with van der Waals surface area (Å²) < 4.78 is 1.59. The van der Waals surface area contributed by atoms with Gasteiger partial charge in [0.05, 0.1) is 11.6 Å². The summed E-state index contributed by atoms with van der Waals surface area (Å²) in [6.45, 7) is 11.1. The van der Waals surface area contributed by atoms with E-state index in [0.29, 0.717) is 22.6 Å². The van der Waals surface area contributed by atoms with E-state index in [-0.39, 0.29) is 17.2 Å². The Morgan fingerprint density at radius 1 is 1.27 bits per heavy atom. The van der Waals surface area contributed by atoms with Crippen molar-refractivity contribution in [2.75, 3.05) is 18.0 Å². The average Bonchev–Trinajstić information content (AvgIpc) is 3.53. The van der Waals surface area contributed by atoms with Crippen molar-refractivity contribution in [2.24, 2.45) is 5.41 Å². The molecule has 0 radical (unpaired) electrons. The molecule has 7 heteroatoms. The maximum Gasteiger partial charge on any atom is 0.337 e. The van der Waals surface area contributed by atoms with Crippen molar-refractivity contribution < 1.29 is 9.90 Å². The lowest BCUT2D eigenvalue weighted by molar-refractivity contribution is -0.132. The monoisotopic (exact) mass is 448 g/mol. The first-order valence-electron chi connectivity index (χ1n) is 11.5. The van der Waals surface area contributed by atoms with Crippen molar-refractivity contribution in [1.29, 1.82) is 0 Å². The number of pyridine rings is 1. The summed E-state index contributed by atoms with van der Waals surface area (Å²) in [5, 5.41) is 12.9. The lowest BCUT2D eigenvalue weighted by atomic mass is 9.94. The number of nitrogens with one attached hydrogen (secondary N) is 1. The van der Waals surface area contributed by atoms with E-state index in [4.69, 9.17) is 4.98 Å². The minimum atomic E-state index is -1.02. The molecule has 1 saturated carbocycles. The molecule has 1 spiro atoms. The number of carboxylic acids is 1. The molecular weight excluding hydrogens is 416 g/mol. The number of aliphatic carboxylic acids is 1. The highest BCUT2D eigenvalue weighted by Gasteiger charge is 2.44. The van der Waals surface area contributed by atoms with Gasteiger partial charge < -0.3 is 15.3 Å². The van der Waals surface area contributed by atoms with Crippen LogP contribution in [0, 0.1) is 12.3 Å². The Hall–Kier alpha value is -3.35. The molecule has 1 aliphatic heterocycles. The molecule has 3 heterocycles. The summed E-state index contributed by atoms with van der Waals surface area (Å²) in [7, 11) is 0. The summed E-state index contributed by atoms with van der Waals surface area (Å²) in [5.74, 6) is -0.302. The number of piperidine rings is 1. The van der Waals surface area contributed by atoms with Crippen LogP contribution in [0.4, 0.5) is 5.82 Å². The largest absolute Gasteiger partial charge is 0.478 e. The third-order valence-corrected chi connectivity index (χ3v) is 6.95. The molecular formula is C26H32N4O3. The van der Waals surface area contributed by atoms with E-state index >= 15 is 0 Å². The third kappa shape index (κ3) is 4.58. The number of nitrogens with zero attached hydrogens (tertiary/aromatic N) is 3. The Morgan fingerprint density at radius 2 is 1.97 bits per heavy atom. The first-order chi connectivity index (χ1) is 15.8. The van der Waals surface area contributed by atoms with Gasteiger partial charge in [0.25, 0.3) is 5.56 Å². The van der Waals surface area contributed by atoms with Crippen LogP contribution in [0.25, 0.3) is 5.65 Å². The normalized spacial score (nSPS) is 18.9. The van der Waals surface area contributed by atoms with E-state index in [1.165, 1.54) is 12.8 Å². The maximum atomic E-state index is 13.0. The van der Waals surface area contributed by atoms with Gasteiger partial charge in [0.2, 0.25) is 0 Å². The topological polar surface area (TPSA) is 86.9 Å². The number of aromatic nitrogens is 2. The number of anilines is 1. The quantitative estimate of drug-likeness (QED) is 0.489. The van der Waals surface area contributed by atoms with Gasteiger partial charge in [-0.3, -0.25) is 9.20 Å². The fourth-order valence-electron chi connectivity index (χ4n) is 4.76. The second-order valence-corrected chi connectivity index (χ2v) is 9.30.